The van der Waals surface area contributed by atoms with Gasteiger partial charge in [-0.25, -0.2) is 4.68 Å². The van der Waals surface area contributed by atoms with Crippen molar-refractivity contribution >= 4 is 12.3 Å². The van der Waals surface area contributed by atoms with Crippen molar-refractivity contribution < 1.29 is 0 Å². The lowest BCUT2D eigenvalue weighted by Gasteiger charge is -1.94. The van der Waals surface area contributed by atoms with E-state index in [2.05, 4.69) is 25.6 Å². The van der Waals surface area contributed by atoms with Gasteiger partial charge in [0.25, 0.3) is 5.96 Å². The number of rotatable bonds is 1. The van der Waals surface area contributed by atoms with Crippen molar-refractivity contribution in [2.45, 2.75) is 0 Å². The van der Waals surface area contributed by atoms with Crippen molar-refractivity contribution in [2.24, 2.45) is 10.1 Å². The van der Waals surface area contributed by atoms with Gasteiger partial charge in [-0.3, -0.25) is 4.98 Å². The molecule has 0 spiro atoms. The van der Waals surface area contributed by atoms with Crippen LogP contribution < -0.4 is 5.43 Å². The predicted octanol–water partition coefficient (Wildman–Crippen LogP) is 0.710. The van der Waals surface area contributed by atoms with Crippen LogP contribution in [0.5, 0.6) is 0 Å². The van der Waals surface area contributed by atoms with Crippen molar-refractivity contribution in [1.29, 1.82) is 0 Å². The maximum Gasteiger partial charge on any atom is 0.271 e. The van der Waals surface area contributed by atoms with Crippen LogP contribution in [0.1, 0.15) is 0 Å². The molecule has 0 amide bonds. The first-order chi connectivity index (χ1) is 7.93. The van der Waals surface area contributed by atoms with Gasteiger partial charge >= 0.3 is 0 Å². The van der Waals surface area contributed by atoms with Gasteiger partial charge in [-0.1, -0.05) is 0 Å². The minimum absolute atomic E-state index is 0.473. The number of hydrogen-bond donors (Lipinski definition) is 0. The number of aromatic nitrogens is 3. The molecule has 2 aromatic rings. The SMILES string of the molecule is C1=NC(n2cc(-c3ccncc3)cn2)=N[N]1. The van der Waals surface area contributed by atoms with Crippen LogP contribution in [0.25, 0.3) is 11.1 Å². The summed E-state index contributed by atoms with van der Waals surface area (Å²) in [6.07, 6.45) is 8.49. The van der Waals surface area contributed by atoms with Crippen molar-refractivity contribution in [1.82, 2.24) is 20.2 Å². The zero-order chi connectivity index (χ0) is 10.8. The van der Waals surface area contributed by atoms with Crippen LogP contribution in [-0.4, -0.2) is 27.1 Å². The maximum atomic E-state index is 4.17. The molecule has 1 aliphatic heterocycles. The van der Waals surface area contributed by atoms with Crippen LogP contribution in [0.4, 0.5) is 0 Å². The normalized spacial score (nSPS) is 13.6. The van der Waals surface area contributed by atoms with Crippen molar-refractivity contribution in [3.05, 3.63) is 36.9 Å². The maximum absolute atomic E-state index is 4.17. The highest BCUT2D eigenvalue weighted by molar-refractivity contribution is 5.92. The molecule has 0 atom stereocenters. The van der Waals surface area contributed by atoms with Crippen LogP contribution in [0.3, 0.4) is 0 Å². The summed E-state index contributed by atoms with van der Waals surface area (Å²) >= 11 is 0. The molecule has 3 heterocycles. The molecule has 0 unspecified atom stereocenters. The molecular weight excluding hydrogens is 204 g/mol. The lowest BCUT2D eigenvalue weighted by molar-refractivity contribution is 0.905. The van der Waals surface area contributed by atoms with Gasteiger partial charge < -0.3 is 0 Å². The molecule has 0 N–H and O–H groups in total. The second-order valence-electron chi connectivity index (χ2n) is 3.17. The fourth-order valence-corrected chi connectivity index (χ4v) is 1.41. The Morgan fingerprint density at radius 2 is 1.94 bits per heavy atom. The summed E-state index contributed by atoms with van der Waals surface area (Å²) in [5, 5.41) is 7.99. The summed E-state index contributed by atoms with van der Waals surface area (Å²) in [4.78, 5) is 7.93. The molecule has 6 heteroatoms. The molecule has 0 saturated carbocycles. The lowest BCUT2D eigenvalue weighted by atomic mass is 10.1. The Morgan fingerprint density at radius 3 is 2.69 bits per heavy atom. The summed E-state index contributed by atoms with van der Waals surface area (Å²) in [6, 6.07) is 3.84. The standard InChI is InChI=1S/C10H7N6/c1-3-11-4-2-8(1)9-5-14-16(6-9)10-12-7-13-15-10/h1-7H. The average molecular weight is 211 g/mol. The highest BCUT2D eigenvalue weighted by Crippen LogP contribution is 2.16. The summed E-state index contributed by atoms with van der Waals surface area (Å²) in [7, 11) is 0. The highest BCUT2D eigenvalue weighted by atomic mass is 15.5. The largest absolute Gasteiger partial charge is 0.271 e. The third kappa shape index (κ3) is 1.46. The van der Waals surface area contributed by atoms with E-state index in [0.717, 1.165) is 11.1 Å². The molecule has 0 fully saturated rings. The third-order valence-electron chi connectivity index (χ3n) is 2.17. The molecule has 1 radical (unpaired) electrons. The molecule has 16 heavy (non-hydrogen) atoms. The van der Waals surface area contributed by atoms with Crippen molar-refractivity contribution in [3.63, 3.8) is 0 Å². The smallest absolute Gasteiger partial charge is 0.265 e. The molecule has 6 nitrogen and oxygen atoms in total. The van der Waals surface area contributed by atoms with Gasteiger partial charge in [0.15, 0.2) is 0 Å². The topological polar surface area (TPSA) is 69.5 Å². The molecular formula is C10H7N6. The summed E-state index contributed by atoms with van der Waals surface area (Å²) < 4.78 is 1.59. The monoisotopic (exact) mass is 211 g/mol. The predicted molar refractivity (Wildman–Crippen MR) is 58.9 cm³/mol. The van der Waals surface area contributed by atoms with Crippen molar-refractivity contribution in [2.75, 3.05) is 0 Å². The van der Waals surface area contributed by atoms with E-state index in [-0.39, 0.29) is 0 Å². The van der Waals surface area contributed by atoms with E-state index in [1.807, 2.05) is 18.3 Å². The molecule has 0 bridgehead atoms. The van der Waals surface area contributed by atoms with Crippen LogP contribution >= 0.6 is 0 Å². The summed E-state index contributed by atoms with van der Waals surface area (Å²) in [6.45, 7) is 0. The Bertz CT molecular complexity index is 554. The van der Waals surface area contributed by atoms with Gasteiger partial charge in [0.05, 0.1) is 6.20 Å². The number of nitrogens with zero attached hydrogens (tertiary/aromatic N) is 6. The Labute approximate surface area is 91.4 Å². The van der Waals surface area contributed by atoms with E-state index in [0.29, 0.717) is 5.96 Å². The lowest BCUT2D eigenvalue weighted by Crippen LogP contribution is -2.07. The van der Waals surface area contributed by atoms with Gasteiger partial charge in [-0.2, -0.15) is 10.1 Å². The Hall–Kier alpha value is -2.50. The number of pyridine rings is 1. The van der Waals surface area contributed by atoms with Gasteiger partial charge in [0.1, 0.15) is 6.34 Å². The zero-order valence-electron chi connectivity index (χ0n) is 8.22. The number of hydrogen-bond acceptors (Lipinski definition) is 4. The molecule has 3 rings (SSSR count). The van der Waals surface area contributed by atoms with E-state index < -0.39 is 0 Å². The van der Waals surface area contributed by atoms with Crippen LogP contribution in [0.2, 0.25) is 0 Å². The first-order valence-electron chi connectivity index (χ1n) is 4.69. The Morgan fingerprint density at radius 1 is 1.06 bits per heavy atom. The molecule has 77 valence electrons. The molecule has 0 aromatic carbocycles. The third-order valence-corrected chi connectivity index (χ3v) is 2.17. The minimum atomic E-state index is 0.473. The zero-order valence-corrected chi connectivity index (χ0v) is 8.22. The second-order valence-corrected chi connectivity index (χ2v) is 3.17. The summed E-state index contributed by atoms with van der Waals surface area (Å²) in [5.41, 5.74) is 5.70. The minimum Gasteiger partial charge on any atom is -0.265 e. The van der Waals surface area contributed by atoms with E-state index in [1.165, 1.54) is 6.34 Å². The highest BCUT2D eigenvalue weighted by Gasteiger charge is 2.08. The Kier molecular flexibility index (Phi) is 1.96. The molecule has 0 aliphatic carbocycles. The first-order valence-corrected chi connectivity index (χ1v) is 4.69. The van der Waals surface area contributed by atoms with E-state index in [1.54, 1.807) is 23.3 Å². The van der Waals surface area contributed by atoms with E-state index >= 15 is 0 Å². The van der Waals surface area contributed by atoms with Crippen LogP contribution in [-0.2, 0) is 0 Å². The van der Waals surface area contributed by atoms with Gasteiger partial charge in [-0.15, -0.1) is 10.5 Å². The van der Waals surface area contributed by atoms with Crippen LogP contribution in [0.15, 0.2) is 47.0 Å². The second kappa shape index (κ2) is 3.58. The van der Waals surface area contributed by atoms with Crippen molar-refractivity contribution in [3.8, 4) is 11.1 Å². The fraction of sp³-hybridized carbons (Fsp3) is 0. The average Bonchev–Trinajstić information content (AvgIpc) is 3.01. The first kappa shape index (κ1) is 8.78. The quantitative estimate of drug-likeness (QED) is 0.697. The van der Waals surface area contributed by atoms with Crippen LogP contribution in [0, 0.1) is 0 Å². The summed E-state index contributed by atoms with van der Waals surface area (Å²) in [5.74, 6) is 0.473. The molecule has 2 aromatic heterocycles. The van der Waals surface area contributed by atoms with E-state index in [4.69, 9.17) is 0 Å². The van der Waals surface area contributed by atoms with Gasteiger partial charge in [0, 0.05) is 24.2 Å². The van der Waals surface area contributed by atoms with Gasteiger partial charge in [0.2, 0.25) is 0 Å². The molecule has 1 aliphatic rings. The fourth-order valence-electron chi connectivity index (χ4n) is 1.41. The van der Waals surface area contributed by atoms with E-state index in [9.17, 15) is 0 Å². The Balaban J connectivity index is 1.97. The van der Waals surface area contributed by atoms with Gasteiger partial charge in [-0.05, 0) is 17.7 Å². The number of aliphatic imine (C=N–C) groups is 1. The molecule has 0 saturated heterocycles.